The summed E-state index contributed by atoms with van der Waals surface area (Å²) in [7, 11) is 0. The number of benzene rings is 2. The summed E-state index contributed by atoms with van der Waals surface area (Å²) in [5.74, 6) is 2.53. The predicted molar refractivity (Wildman–Crippen MR) is 115 cm³/mol. The van der Waals surface area contributed by atoms with E-state index in [-0.39, 0.29) is 5.92 Å². The van der Waals surface area contributed by atoms with Crippen molar-refractivity contribution in [1.82, 2.24) is 20.0 Å². The summed E-state index contributed by atoms with van der Waals surface area (Å²) in [5.41, 5.74) is 5.00. The second kappa shape index (κ2) is 8.53. The van der Waals surface area contributed by atoms with E-state index in [1.807, 2.05) is 63.2 Å². The highest BCUT2D eigenvalue weighted by atomic mass is 16.5. The van der Waals surface area contributed by atoms with Crippen molar-refractivity contribution in [1.29, 1.82) is 0 Å². The lowest BCUT2D eigenvalue weighted by atomic mass is 9.97. The largest absolute Gasteiger partial charge is 0.493 e. The molecule has 154 valence electrons. The standard InChI is InChI=1S/C24H26N4O2/c1-16(24-17(2)26-28(27-24)21-8-6-5-7-9-21)20-10-12-22(13-11-20)29-15-14-23-18(3)30-19(4)25-23/h5-13,16H,14-15H2,1-4H3. The van der Waals surface area contributed by atoms with Crippen LogP contribution in [0.5, 0.6) is 5.75 Å². The Balaban J connectivity index is 1.41. The molecule has 0 radical (unpaired) electrons. The van der Waals surface area contributed by atoms with Gasteiger partial charge in [-0.3, -0.25) is 0 Å². The van der Waals surface area contributed by atoms with Gasteiger partial charge in [-0.15, -0.1) is 0 Å². The summed E-state index contributed by atoms with van der Waals surface area (Å²) in [6.07, 6.45) is 0.725. The molecule has 30 heavy (non-hydrogen) atoms. The van der Waals surface area contributed by atoms with Crippen LogP contribution in [0.1, 0.15) is 47.1 Å². The minimum absolute atomic E-state index is 0.136. The van der Waals surface area contributed by atoms with E-state index >= 15 is 0 Å². The molecule has 0 aliphatic rings. The molecule has 0 aliphatic carbocycles. The molecule has 0 aliphatic heterocycles. The van der Waals surface area contributed by atoms with E-state index in [0.717, 1.165) is 40.7 Å². The first-order valence-electron chi connectivity index (χ1n) is 10.2. The molecule has 2 heterocycles. The molecule has 6 heteroatoms. The van der Waals surface area contributed by atoms with Crippen molar-refractivity contribution < 1.29 is 9.15 Å². The lowest BCUT2D eigenvalue weighted by Gasteiger charge is -2.11. The summed E-state index contributed by atoms with van der Waals surface area (Å²) in [4.78, 5) is 6.08. The van der Waals surface area contributed by atoms with Crippen molar-refractivity contribution in [2.24, 2.45) is 0 Å². The highest BCUT2D eigenvalue weighted by Crippen LogP contribution is 2.26. The number of aromatic nitrogens is 4. The Labute approximate surface area is 176 Å². The number of nitrogens with zero attached hydrogens (tertiary/aromatic N) is 4. The van der Waals surface area contributed by atoms with E-state index in [4.69, 9.17) is 14.3 Å². The Hall–Kier alpha value is -3.41. The number of hydrogen-bond acceptors (Lipinski definition) is 5. The number of aryl methyl sites for hydroxylation is 3. The van der Waals surface area contributed by atoms with Gasteiger partial charge < -0.3 is 9.15 Å². The van der Waals surface area contributed by atoms with Crippen LogP contribution in [0.15, 0.2) is 59.0 Å². The third-order valence-corrected chi connectivity index (χ3v) is 5.20. The Morgan fingerprint density at radius 3 is 2.37 bits per heavy atom. The SMILES string of the molecule is Cc1nc(CCOc2ccc(C(C)c3nn(-c4ccccc4)nc3C)cc2)c(C)o1. The lowest BCUT2D eigenvalue weighted by Crippen LogP contribution is -2.04. The van der Waals surface area contributed by atoms with Gasteiger partial charge in [0.1, 0.15) is 11.5 Å². The molecule has 4 aromatic rings. The molecule has 2 aromatic carbocycles. The zero-order valence-electron chi connectivity index (χ0n) is 17.8. The quantitative estimate of drug-likeness (QED) is 0.437. The molecule has 0 N–H and O–H groups in total. The van der Waals surface area contributed by atoms with Gasteiger partial charge in [0, 0.05) is 19.3 Å². The molecule has 0 fully saturated rings. The lowest BCUT2D eigenvalue weighted by molar-refractivity contribution is 0.320. The van der Waals surface area contributed by atoms with Crippen LogP contribution in [-0.4, -0.2) is 26.6 Å². The Morgan fingerprint density at radius 2 is 1.70 bits per heavy atom. The third-order valence-electron chi connectivity index (χ3n) is 5.20. The second-order valence-electron chi connectivity index (χ2n) is 7.42. The molecule has 4 rings (SSSR count). The fourth-order valence-corrected chi connectivity index (χ4v) is 3.55. The van der Waals surface area contributed by atoms with Crippen LogP contribution in [0.4, 0.5) is 0 Å². The van der Waals surface area contributed by atoms with Crippen LogP contribution >= 0.6 is 0 Å². The van der Waals surface area contributed by atoms with Crippen molar-refractivity contribution in [2.75, 3.05) is 6.61 Å². The second-order valence-corrected chi connectivity index (χ2v) is 7.42. The van der Waals surface area contributed by atoms with Gasteiger partial charge in [0.2, 0.25) is 0 Å². The Morgan fingerprint density at radius 1 is 0.967 bits per heavy atom. The molecule has 0 saturated heterocycles. The zero-order valence-corrected chi connectivity index (χ0v) is 17.8. The van der Waals surface area contributed by atoms with E-state index in [0.29, 0.717) is 12.5 Å². The van der Waals surface area contributed by atoms with Gasteiger partial charge in [-0.1, -0.05) is 37.3 Å². The summed E-state index contributed by atoms with van der Waals surface area (Å²) in [6.45, 7) is 8.51. The maximum atomic E-state index is 5.89. The number of hydrogen-bond donors (Lipinski definition) is 0. The van der Waals surface area contributed by atoms with Crippen molar-refractivity contribution in [3.05, 3.63) is 88.9 Å². The predicted octanol–water partition coefficient (Wildman–Crippen LogP) is 4.95. The minimum Gasteiger partial charge on any atom is -0.493 e. The topological polar surface area (TPSA) is 66.0 Å². The number of ether oxygens (including phenoxy) is 1. The van der Waals surface area contributed by atoms with Gasteiger partial charge in [-0.2, -0.15) is 15.0 Å². The van der Waals surface area contributed by atoms with Crippen LogP contribution in [0.3, 0.4) is 0 Å². The van der Waals surface area contributed by atoms with Crippen LogP contribution in [-0.2, 0) is 6.42 Å². The zero-order chi connectivity index (χ0) is 21.1. The van der Waals surface area contributed by atoms with Crippen LogP contribution in [0.2, 0.25) is 0 Å². The fraction of sp³-hybridized carbons (Fsp3) is 0.292. The first-order valence-corrected chi connectivity index (χ1v) is 10.2. The summed E-state index contributed by atoms with van der Waals surface area (Å²) in [6, 6.07) is 18.2. The van der Waals surface area contributed by atoms with Crippen molar-refractivity contribution >= 4 is 0 Å². The molecule has 0 amide bonds. The normalized spacial score (nSPS) is 12.1. The van der Waals surface area contributed by atoms with Crippen LogP contribution < -0.4 is 4.74 Å². The molecule has 1 atom stereocenters. The van der Waals surface area contributed by atoms with E-state index in [2.05, 4.69) is 29.1 Å². The molecule has 0 spiro atoms. The highest BCUT2D eigenvalue weighted by molar-refractivity contribution is 5.35. The van der Waals surface area contributed by atoms with Crippen molar-refractivity contribution in [3.63, 3.8) is 0 Å². The van der Waals surface area contributed by atoms with Crippen molar-refractivity contribution in [3.8, 4) is 11.4 Å². The van der Waals surface area contributed by atoms with E-state index in [1.165, 1.54) is 5.56 Å². The maximum Gasteiger partial charge on any atom is 0.191 e. The van der Waals surface area contributed by atoms with Gasteiger partial charge in [0.25, 0.3) is 0 Å². The van der Waals surface area contributed by atoms with Gasteiger partial charge in [-0.25, -0.2) is 4.98 Å². The van der Waals surface area contributed by atoms with Crippen LogP contribution in [0.25, 0.3) is 5.69 Å². The van der Waals surface area contributed by atoms with Gasteiger partial charge in [-0.05, 0) is 43.7 Å². The minimum atomic E-state index is 0.136. The van der Waals surface area contributed by atoms with Gasteiger partial charge in [0.05, 0.1) is 29.4 Å². The summed E-state index contributed by atoms with van der Waals surface area (Å²) < 4.78 is 11.3. The monoisotopic (exact) mass is 402 g/mol. The summed E-state index contributed by atoms with van der Waals surface area (Å²) in [5, 5.41) is 9.32. The Bertz CT molecular complexity index is 1110. The first kappa shape index (κ1) is 19.9. The molecule has 0 bridgehead atoms. The number of rotatable bonds is 7. The Kier molecular flexibility index (Phi) is 5.65. The van der Waals surface area contributed by atoms with E-state index in [1.54, 1.807) is 4.80 Å². The van der Waals surface area contributed by atoms with Crippen LogP contribution in [0, 0.1) is 20.8 Å². The molecule has 0 saturated carbocycles. The van der Waals surface area contributed by atoms with Gasteiger partial charge in [0.15, 0.2) is 5.89 Å². The van der Waals surface area contributed by atoms with E-state index in [9.17, 15) is 0 Å². The molecule has 6 nitrogen and oxygen atoms in total. The smallest absolute Gasteiger partial charge is 0.191 e. The highest BCUT2D eigenvalue weighted by Gasteiger charge is 2.17. The number of para-hydroxylation sites is 1. The molecular formula is C24H26N4O2. The van der Waals surface area contributed by atoms with E-state index < -0.39 is 0 Å². The summed E-state index contributed by atoms with van der Waals surface area (Å²) >= 11 is 0. The average molecular weight is 402 g/mol. The molecule has 2 aromatic heterocycles. The third kappa shape index (κ3) is 4.27. The fourth-order valence-electron chi connectivity index (χ4n) is 3.55. The van der Waals surface area contributed by atoms with Gasteiger partial charge >= 0.3 is 0 Å². The average Bonchev–Trinajstić information content (AvgIpc) is 3.30. The maximum absolute atomic E-state index is 5.89. The molecular weight excluding hydrogens is 376 g/mol. The van der Waals surface area contributed by atoms with Crippen molar-refractivity contribution in [2.45, 2.75) is 40.0 Å². The molecule has 1 unspecified atom stereocenters. The number of oxazole rings is 1. The first-order chi connectivity index (χ1) is 14.5.